The normalized spacial score (nSPS) is 11.0. The van der Waals surface area contributed by atoms with E-state index in [1.54, 1.807) is 10.9 Å². The summed E-state index contributed by atoms with van der Waals surface area (Å²) >= 11 is 1.25. The van der Waals surface area contributed by atoms with Crippen molar-refractivity contribution in [3.05, 3.63) is 92.8 Å². The van der Waals surface area contributed by atoms with Gasteiger partial charge in [-0.1, -0.05) is 49.4 Å². The van der Waals surface area contributed by atoms with Crippen molar-refractivity contribution in [1.82, 2.24) is 9.55 Å². The Kier molecular flexibility index (Phi) is 5.27. The summed E-state index contributed by atoms with van der Waals surface area (Å²) < 4.78 is 1.60. The molecule has 5 nitrogen and oxygen atoms in total. The Balaban J connectivity index is 1.66. The van der Waals surface area contributed by atoms with Crippen molar-refractivity contribution in [2.45, 2.75) is 26.8 Å². The Morgan fingerprint density at radius 2 is 1.76 bits per heavy atom. The zero-order valence-corrected chi connectivity index (χ0v) is 17.1. The summed E-state index contributed by atoms with van der Waals surface area (Å²) in [6.45, 7) is 4.37. The molecule has 2 heterocycles. The molecule has 0 aliphatic rings. The highest BCUT2D eigenvalue weighted by molar-refractivity contribution is 7.20. The molecule has 0 fully saturated rings. The van der Waals surface area contributed by atoms with Crippen molar-refractivity contribution in [3.63, 3.8) is 0 Å². The molecule has 2 aromatic carbocycles. The molecule has 146 valence electrons. The van der Waals surface area contributed by atoms with Crippen molar-refractivity contribution < 1.29 is 4.79 Å². The lowest BCUT2D eigenvalue weighted by molar-refractivity contribution is 0.103. The molecular formula is C23H21N3O2S. The van der Waals surface area contributed by atoms with E-state index in [1.807, 2.05) is 49.4 Å². The average molecular weight is 404 g/mol. The number of thiophene rings is 1. The largest absolute Gasteiger partial charge is 0.321 e. The third kappa shape index (κ3) is 3.84. The summed E-state index contributed by atoms with van der Waals surface area (Å²) in [5.74, 6) is -0.224. The van der Waals surface area contributed by atoms with E-state index in [0.717, 1.165) is 17.7 Å². The molecule has 29 heavy (non-hydrogen) atoms. The van der Waals surface area contributed by atoms with Crippen LogP contribution in [0.3, 0.4) is 0 Å². The van der Waals surface area contributed by atoms with Gasteiger partial charge in [0.15, 0.2) is 0 Å². The van der Waals surface area contributed by atoms with Gasteiger partial charge in [-0.15, -0.1) is 11.3 Å². The molecule has 4 aromatic rings. The lowest BCUT2D eigenvalue weighted by Gasteiger charge is -2.07. The summed E-state index contributed by atoms with van der Waals surface area (Å²) in [7, 11) is 0. The summed E-state index contributed by atoms with van der Waals surface area (Å²) in [6.07, 6.45) is 2.54. The first-order chi connectivity index (χ1) is 14.1. The van der Waals surface area contributed by atoms with E-state index in [1.165, 1.54) is 16.9 Å². The maximum Gasteiger partial charge on any atom is 0.266 e. The highest BCUT2D eigenvalue weighted by atomic mass is 32.1. The number of nitrogens with one attached hydrogen (secondary N) is 1. The van der Waals surface area contributed by atoms with Gasteiger partial charge in [0.1, 0.15) is 4.83 Å². The standard InChI is InChI=1S/C23H21N3O2S/c1-3-16-9-11-17(12-10-16)13-26-14-24-22-19(23(26)28)15(2)20(29-22)21(27)25-18-7-5-4-6-8-18/h4-12,14H,3,13H2,1-2H3,(H,25,27). The molecule has 0 saturated carbocycles. The van der Waals surface area contributed by atoms with Crippen LogP contribution in [0.1, 0.15) is 33.3 Å². The van der Waals surface area contributed by atoms with Gasteiger partial charge in [-0.3, -0.25) is 14.2 Å². The van der Waals surface area contributed by atoms with Crippen LogP contribution in [0.5, 0.6) is 0 Å². The molecule has 1 amide bonds. The van der Waals surface area contributed by atoms with Gasteiger partial charge in [-0.05, 0) is 42.2 Å². The van der Waals surface area contributed by atoms with E-state index in [2.05, 4.69) is 29.4 Å². The van der Waals surface area contributed by atoms with Crippen molar-refractivity contribution in [2.24, 2.45) is 0 Å². The quantitative estimate of drug-likeness (QED) is 0.528. The first-order valence-electron chi connectivity index (χ1n) is 9.49. The van der Waals surface area contributed by atoms with Gasteiger partial charge < -0.3 is 5.32 Å². The van der Waals surface area contributed by atoms with Crippen LogP contribution >= 0.6 is 11.3 Å². The number of anilines is 1. The average Bonchev–Trinajstić information content (AvgIpc) is 3.08. The fourth-order valence-corrected chi connectivity index (χ4v) is 4.31. The van der Waals surface area contributed by atoms with Gasteiger partial charge in [0.05, 0.1) is 23.1 Å². The number of hydrogen-bond acceptors (Lipinski definition) is 4. The molecule has 0 aliphatic heterocycles. The van der Waals surface area contributed by atoms with E-state index in [0.29, 0.717) is 27.2 Å². The summed E-state index contributed by atoms with van der Waals surface area (Å²) in [4.78, 5) is 31.3. The second-order valence-corrected chi connectivity index (χ2v) is 7.90. The molecule has 1 N–H and O–H groups in total. The summed E-state index contributed by atoms with van der Waals surface area (Å²) in [5, 5.41) is 3.39. The number of aryl methyl sites for hydroxylation is 2. The van der Waals surface area contributed by atoms with E-state index >= 15 is 0 Å². The van der Waals surface area contributed by atoms with Crippen LogP contribution in [0.15, 0.2) is 65.7 Å². The first-order valence-corrected chi connectivity index (χ1v) is 10.3. The Hall–Kier alpha value is -3.25. The Bertz CT molecular complexity index is 1220. The topological polar surface area (TPSA) is 64.0 Å². The molecule has 4 rings (SSSR count). The van der Waals surface area contributed by atoms with Crippen LogP contribution in [0.25, 0.3) is 10.2 Å². The number of hydrogen-bond donors (Lipinski definition) is 1. The maximum absolute atomic E-state index is 13.1. The van der Waals surface area contributed by atoms with Crippen molar-refractivity contribution in [2.75, 3.05) is 5.32 Å². The third-order valence-electron chi connectivity index (χ3n) is 4.94. The molecule has 0 spiro atoms. The van der Waals surface area contributed by atoms with Gasteiger partial charge >= 0.3 is 0 Å². The molecule has 0 radical (unpaired) electrons. The predicted molar refractivity (Wildman–Crippen MR) is 118 cm³/mol. The minimum absolute atomic E-state index is 0.123. The number of aromatic nitrogens is 2. The van der Waals surface area contributed by atoms with E-state index in [-0.39, 0.29) is 11.5 Å². The molecule has 0 aliphatic carbocycles. The lowest BCUT2D eigenvalue weighted by Crippen LogP contribution is -2.21. The maximum atomic E-state index is 13.1. The minimum atomic E-state index is -0.224. The van der Waals surface area contributed by atoms with Crippen molar-refractivity contribution >= 4 is 33.1 Å². The summed E-state index contributed by atoms with van der Waals surface area (Å²) in [6, 6.07) is 17.5. The van der Waals surface area contributed by atoms with Crippen LogP contribution in [-0.4, -0.2) is 15.5 Å². The molecule has 0 bridgehead atoms. The number of amides is 1. The van der Waals surface area contributed by atoms with Crippen molar-refractivity contribution in [1.29, 1.82) is 0 Å². The lowest BCUT2D eigenvalue weighted by atomic mass is 10.1. The zero-order chi connectivity index (χ0) is 20.4. The molecule has 6 heteroatoms. The van der Waals surface area contributed by atoms with E-state index < -0.39 is 0 Å². The van der Waals surface area contributed by atoms with Gasteiger partial charge in [-0.2, -0.15) is 0 Å². The molecule has 2 aromatic heterocycles. The van der Waals surface area contributed by atoms with Crippen LogP contribution in [0.4, 0.5) is 5.69 Å². The highest BCUT2D eigenvalue weighted by Gasteiger charge is 2.19. The van der Waals surface area contributed by atoms with E-state index in [4.69, 9.17) is 0 Å². The van der Waals surface area contributed by atoms with Crippen LogP contribution in [0, 0.1) is 6.92 Å². The predicted octanol–water partition coefficient (Wildman–Crippen LogP) is 4.63. The fraction of sp³-hybridized carbons (Fsp3) is 0.174. The molecule has 0 unspecified atom stereocenters. The third-order valence-corrected chi connectivity index (χ3v) is 6.14. The van der Waals surface area contributed by atoms with Crippen molar-refractivity contribution in [3.8, 4) is 0 Å². The highest BCUT2D eigenvalue weighted by Crippen LogP contribution is 2.27. The fourth-order valence-electron chi connectivity index (χ4n) is 3.27. The van der Waals surface area contributed by atoms with E-state index in [9.17, 15) is 9.59 Å². The minimum Gasteiger partial charge on any atom is -0.321 e. The first kappa shape index (κ1) is 19.1. The number of rotatable bonds is 5. The smallest absolute Gasteiger partial charge is 0.266 e. The molecule has 0 saturated heterocycles. The number of para-hydroxylation sites is 1. The van der Waals surface area contributed by atoms with Crippen LogP contribution in [0.2, 0.25) is 0 Å². The number of benzene rings is 2. The zero-order valence-electron chi connectivity index (χ0n) is 16.3. The van der Waals surface area contributed by atoms with Gasteiger partial charge in [-0.25, -0.2) is 4.98 Å². The monoisotopic (exact) mass is 403 g/mol. The van der Waals surface area contributed by atoms with Gasteiger partial charge in [0.25, 0.3) is 11.5 Å². The number of nitrogens with zero attached hydrogens (tertiary/aromatic N) is 2. The molecular weight excluding hydrogens is 382 g/mol. The van der Waals surface area contributed by atoms with Crippen LogP contribution in [-0.2, 0) is 13.0 Å². The summed E-state index contributed by atoms with van der Waals surface area (Å²) in [5.41, 5.74) is 3.57. The second-order valence-electron chi connectivity index (χ2n) is 6.90. The van der Waals surface area contributed by atoms with Gasteiger partial charge in [0.2, 0.25) is 0 Å². The number of carbonyl (C=O) groups is 1. The second kappa shape index (κ2) is 8.01. The Labute approximate surface area is 172 Å². The Morgan fingerprint density at radius 3 is 2.45 bits per heavy atom. The van der Waals surface area contributed by atoms with Gasteiger partial charge in [0, 0.05) is 5.69 Å². The SMILES string of the molecule is CCc1ccc(Cn2cnc3sc(C(=O)Nc4ccccc4)c(C)c3c2=O)cc1. The molecule has 0 atom stereocenters. The van der Waals surface area contributed by atoms with Crippen LogP contribution < -0.4 is 10.9 Å². The Morgan fingerprint density at radius 1 is 1.07 bits per heavy atom. The number of fused-ring (bicyclic) bond motifs is 1. The number of carbonyl (C=O) groups excluding carboxylic acids is 1.